The lowest BCUT2D eigenvalue weighted by Crippen LogP contribution is -2.14. The lowest BCUT2D eigenvalue weighted by atomic mass is 10.2. The second-order valence-corrected chi connectivity index (χ2v) is 4.72. The maximum absolute atomic E-state index is 5.83. The van der Waals surface area contributed by atoms with E-state index >= 15 is 0 Å². The van der Waals surface area contributed by atoms with Crippen molar-refractivity contribution in [3.05, 3.63) is 52.9 Å². The van der Waals surface area contributed by atoms with Crippen molar-refractivity contribution in [2.45, 2.75) is 26.5 Å². The van der Waals surface area contributed by atoms with E-state index in [9.17, 15) is 0 Å². The zero-order valence-corrected chi connectivity index (χ0v) is 11.7. The smallest absolute Gasteiger partial charge is 0.124 e. The Balaban J connectivity index is 1.88. The Hall–Kier alpha value is -1.45. The average molecular weight is 280 g/mol. The largest absolute Gasteiger partial charge is 0.489 e. The molecule has 0 atom stereocenters. The zero-order chi connectivity index (χ0) is 13.5. The van der Waals surface area contributed by atoms with Crippen LogP contribution >= 0.6 is 11.6 Å². The van der Waals surface area contributed by atoms with Crippen LogP contribution < -0.4 is 10.1 Å². The topological polar surface area (TPSA) is 34.4 Å². The Bertz CT molecular complexity index is 493. The SMILES string of the molecule is CCCNCc1occc1COc1ccc(Cl)cc1. The molecule has 2 aromatic rings. The molecule has 4 heteroatoms. The summed E-state index contributed by atoms with van der Waals surface area (Å²) in [5.41, 5.74) is 1.07. The summed E-state index contributed by atoms with van der Waals surface area (Å²) < 4.78 is 11.2. The fraction of sp³-hybridized carbons (Fsp3) is 0.333. The van der Waals surface area contributed by atoms with Crippen LogP contribution in [-0.2, 0) is 13.2 Å². The number of nitrogens with one attached hydrogen (secondary N) is 1. The van der Waals surface area contributed by atoms with Crippen LogP contribution in [0.1, 0.15) is 24.7 Å². The molecule has 2 rings (SSSR count). The number of benzene rings is 1. The van der Waals surface area contributed by atoms with Crippen molar-refractivity contribution in [2.75, 3.05) is 6.54 Å². The molecular formula is C15H18ClNO2. The van der Waals surface area contributed by atoms with E-state index in [1.807, 2.05) is 30.3 Å². The molecule has 0 spiro atoms. The zero-order valence-electron chi connectivity index (χ0n) is 11.0. The van der Waals surface area contributed by atoms with Gasteiger partial charge in [-0.25, -0.2) is 0 Å². The third kappa shape index (κ3) is 4.30. The van der Waals surface area contributed by atoms with E-state index < -0.39 is 0 Å². The van der Waals surface area contributed by atoms with Crippen molar-refractivity contribution < 1.29 is 9.15 Å². The Morgan fingerprint density at radius 3 is 2.74 bits per heavy atom. The molecule has 3 nitrogen and oxygen atoms in total. The number of hydrogen-bond donors (Lipinski definition) is 1. The molecule has 0 fully saturated rings. The van der Waals surface area contributed by atoms with E-state index in [0.29, 0.717) is 11.6 Å². The van der Waals surface area contributed by atoms with E-state index in [1.54, 1.807) is 6.26 Å². The van der Waals surface area contributed by atoms with Gasteiger partial charge < -0.3 is 14.5 Å². The minimum absolute atomic E-state index is 0.501. The minimum atomic E-state index is 0.501. The first-order chi connectivity index (χ1) is 9.29. The molecule has 0 aliphatic carbocycles. The number of halogens is 1. The van der Waals surface area contributed by atoms with E-state index in [4.69, 9.17) is 20.8 Å². The van der Waals surface area contributed by atoms with Crippen molar-refractivity contribution in [2.24, 2.45) is 0 Å². The van der Waals surface area contributed by atoms with Crippen molar-refractivity contribution in [1.82, 2.24) is 5.32 Å². The van der Waals surface area contributed by atoms with E-state index in [-0.39, 0.29) is 0 Å². The van der Waals surface area contributed by atoms with E-state index in [2.05, 4.69) is 12.2 Å². The molecule has 1 aromatic heterocycles. The molecule has 19 heavy (non-hydrogen) atoms. The summed E-state index contributed by atoms with van der Waals surface area (Å²) in [4.78, 5) is 0. The van der Waals surface area contributed by atoms with Gasteiger partial charge in [0.1, 0.15) is 18.1 Å². The normalized spacial score (nSPS) is 10.6. The molecule has 0 unspecified atom stereocenters. The standard InChI is InChI=1S/C15H18ClNO2/c1-2-8-17-10-15-12(7-9-18-15)11-19-14-5-3-13(16)4-6-14/h3-7,9,17H,2,8,10-11H2,1H3. The van der Waals surface area contributed by atoms with Gasteiger partial charge in [-0.2, -0.15) is 0 Å². The van der Waals surface area contributed by atoms with Crippen molar-refractivity contribution in [3.63, 3.8) is 0 Å². The fourth-order valence-corrected chi connectivity index (χ4v) is 1.85. The predicted molar refractivity (Wildman–Crippen MR) is 76.5 cm³/mol. The highest BCUT2D eigenvalue weighted by molar-refractivity contribution is 6.30. The lowest BCUT2D eigenvalue weighted by molar-refractivity contribution is 0.301. The van der Waals surface area contributed by atoms with Gasteiger partial charge in [-0.1, -0.05) is 18.5 Å². The van der Waals surface area contributed by atoms with Gasteiger partial charge in [-0.3, -0.25) is 0 Å². The third-order valence-corrected chi connectivity index (χ3v) is 3.01. The summed E-state index contributed by atoms with van der Waals surface area (Å²) >= 11 is 5.83. The minimum Gasteiger partial charge on any atom is -0.489 e. The molecule has 0 bridgehead atoms. The summed E-state index contributed by atoms with van der Waals surface area (Å²) in [6.45, 7) is 4.36. The van der Waals surface area contributed by atoms with Gasteiger partial charge in [-0.15, -0.1) is 0 Å². The highest BCUT2D eigenvalue weighted by Crippen LogP contribution is 2.18. The first-order valence-corrected chi connectivity index (χ1v) is 6.81. The van der Waals surface area contributed by atoms with Gasteiger partial charge in [0.05, 0.1) is 12.8 Å². The van der Waals surface area contributed by atoms with Gasteiger partial charge in [0.25, 0.3) is 0 Å². The van der Waals surface area contributed by atoms with E-state index in [0.717, 1.165) is 36.6 Å². The highest BCUT2D eigenvalue weighted by Gasteiger charge is 2.06. The van der Waals surface area contributed by atoms with Crippen LogP contribution in [0.4, 0.5) is 0 Å². The lowest BCUT2D eigenvalue weighted by Gasteiger charge is -2.07. The number of hydrogen-bond acceptors (Lipinski definition) is 3. The van der Waals surface area contributed by atoms with Gasteiger partial charge in [0.2, 0.25) is 0 Å². The maximum Gasteiger partial charge on any atom is 0.124 e. The Morgan fingerprint density at radius 1 is 1.21 bits per heavy atom. The van der Waals surface area contributed by atoms with Crippen molar-refractivity contribution in [3.8, 4) is 5.75 Å². The highest BCUT2D eigenvalue weighted by atomic mass is 35.5. The first-order valence-electron chi connectivity index (χ1n) is 6.44. The van der Waals surface area contributed by atoms with Gasteiger partial charge in [0.15, 0.2) is 0 Å². The molecule has 0 saturated carbocycles. The number of rotatable bonds is 7. The van der Waals surface area contributed by atoms with Crippen LogP contribution in [0, 0.1) is 0 Å². The van der Waals surface area contributed by atoms with Crippen molar-refractivity contribution in [1.29, 1.82) is 0 Å². The quantitative estimate of drug-likeness (QED) is 0.778. The Morgan fingerprint density at radius 2 is 2.00 bits per heavy atom. The molecule has 0 saturated heterocycles. The second-order valence-electron chi connectivity index (χ2n) is 4.29. The van der Waals surface area contributed by atoms with Crippen LogP contribution in [0.25, 0.3) is 0 Å². The summed E-state index contributed by atoms with van der Waals surface area (Å²) in [5, 5.41) is 4.03. The molecule has 0 radical (unpaired) electrons. The van der Waals surface area contributed by atoms with Crippen LogP contribution in [-0.4, -0.2) is 6.54 Å². The molecule has 0 amide bonds. The van der Waals surface area contributed by atoms with Gasteiger partial charge in [-0.05, 0) is 43.3 Å². The molecule has 0 aliphatic heterocycles. The Labute approximate surface area is 118 Å². The summed E-state index contributed by atoms with van der Waals surface area (Å²) in [5.74, 6) is 1.74. The number of furan rings is 1. The third-order valence-electron chi connectivity index (χ3n) is 2.76. The summed E-state index contributed by atoms with van der Waals surface area (Å²) in [7, 11) is 0. The summed E-state index contributed by atoms with van der Waals surface area (Å²) in [6, 6.07) is 9.29. The second kappa shape index (κ2) is 7.22. The molecule has 1 aromatic carbocycles. The molecule has 102 valence electrons. The number of ether oxygens (including phenoxy) is 1. The molecule has 1 heterocycles. The first kappa shape index (κ1) is 14.0. The predicted octanol–water partition coefficient (Wildman–Crippen LogP) is 4.01. The molecular weight excluding hydrogens is 262 g/mol. The van der Waals surface area contributed by atoms with Gasteiger partial charge >= 0.3 is 0 Å². The summed E-state index contributed by atoms with van der Waals surface area (Å²) in [6.07, 6.45) is 2.81. The van der Waals surface area contributed by atoms with Crippen molar-refractivity contribution >= 4 is 11.6 Å². The Kier molecular flexibility index (Phi) is 5.31. The fourth-order valence-electron chi connectivity index (χ4n) is 1.72. The molecule has 1 N–H and O–H groups in total. The monoisotopic (exact) mass is 279 g/mol. The maximum atomic E-state index is 5.83. The van der Waals surface area contributed by atoms with Crippen LogP contribution in [0.3, 0.4) is 0 Å². The average Bonchev–Trinajstić information content (AvgIpc) is 2.86. The van der Waals surface area contributed by atoms with Gasteiger partial charge in [0, 0.05) is 10.6 Å². The van der Waals surface area contributed by atoms with Crippen LogP contribution in [0.5, 0.6) is 5.75 Å². The molecule has 0 aliphatic rings. The van der Waals surface area contributed by atoms with E-state index in [1.165, 1.54) is 0 Å². The van der Waals surface area contributed by atoms with Crippen LogP contribution in [0.2, 0.25) is 5.02 Å². The van der Waals surface area contributed by atoms with Crippen LogP contribution in [0.15, 0.2) is 41.0 Å².